The minimum absolute atomic E-state index is 0.146. The maximum Gasteiger partial charge on any atom is 0.0763 e. The van der Waals surface area contributed by atoms with E-state index in [0.717, 1.165) is 0 Å². The minimum Gasteiger partial charge on any atom is -0.395 e. The van der Waals surface area contributed by atoms with Gasteiger partial charge in [0.1, 0.15) is 0 Å². The van der Waals surface area contributed by atoms with Crippen molar-refractivity contribution in [3.8, 4) is 0 Å². The van der Waals surface area contributed by atoms with Crippen LogP contribution in [0.1, 0.15) is 13.8 Å². The van der Waals surface area contributed by atoms with Crippen LogP contribution in [-0.4, -0.2) is 52.3 Å². The van der Waals surface area contributed by atoms with Crippen LogP contribution in [0.2, 0.25) is 0 Å². The summed E-state index contributed by atoms with van der Waals surface area (Å²) in [5.74, 6) is 0. The van der Waals surface area contributed by atoms with Crippen LogP contribution in [0, 0.1) is 0 Å². The number of hydrogen-bond acceptors (Lipinski definition) is 3. The first-order chi connectivity index (χ1) is 5.61. The summed E-state index contributed by atoms with van der Waals surface area (Å²) in [7, 11) is 0. The Bertz CT molecular complexity index is 111. The van der Waals surface area contributed by atoms with E-state index in [9.17, 15) is 5.11 Å². The molecule has 1 atom stereocenters. The molecule has 0 aromatic rings. The van der Waals surface area contributed by atoms with E-state index in [1.807, 2.05) is 4.90 Å². The number of aliphatic hydroxyl groups is 2. The van der Waals surface area contributed by atoms with E-state index in [-0.39, 0.29) is 12.7 Å². The summed E-state index contributed by atoms with van der Waals surface area (Å²) < 4.78 is 0. The average Bonchev–Trinajstić information content (AvgIpc) is 2.03. The van der Waals surface area contributed by atoms with E-state index in [0.29, 0.717) is 24.5 Å². The van der Waals surface area contributed by atoms with E-state index in [2.05, 4.69) is 29.8 Å². The molecule has 0 saturated carbocycles. The molecule has 0 aliphatic rings. The van der Waals surface area contributed by atoms with Gasteiger partial charge < -0.3 is 10.2 Å². The molecule has 0 radical (unpaired) electrons. The van der Waals surface area contributed by atoms with E-state index in [1.54, 1.807) is 0 Å². The van der Waals surface area contributed by atoms with Crippen LogP contribution >= 0.6 is 15.9 Å². The lowest BCUT2D eigenvalue weighted by atomic mass is 10.2. The molecule has 0 amide bonds. The number of hydrogen-bond donors (Lipinski definition) is 2. The van der Waals surface area contributed by atoms with Gasteiger partial charge in [0.15, 0.2) is 0 Å². The highest BCUT2D eigenvalue weighted by molar-refractivity contribution is 9.09. The predicted molar refractivity (Wildman–Crippen MR) is 53.6 cm³/mol. The topological polar surface area (TPSA) is 43.7 Å². The summed E-state index contributed by atoms with van der Waals surface area (Å²) in [4.78, 5) is 2.05. The van der Waals surface area contributed by atoms with Gasteiger partial charge >= 0.3 is 0 Å². The van der Waals surface area contributed by atoms with Crippen LogP contribution in [0.5, 0.6) is 0 Å². The van der Waals surface area contributed by atoms with Gasteiger partial charge in [-0.05, 0) is 13.8 Å². The molecular weight excluding hydrogens is 222 g/mol. The molecule has 4 heteroatoms. The third kappa shape index (κ3) is 5.09. The molecule has 3 nitrogen and oxygen atoms in total. The molecule has 0 saturated heterocycles. The monoisotopic (exact) mass is 239 g/mol. The Morgan fingerprint density at radius 2 is 2.00 bits per heavy atom. The van der Waals surface area contributed by atoms with Crippen LogP contribution in [0.25, 0.3) is 0 Å². The number of rotatable bonds is 6. The van der Waals surface area contributed by atoms with Gasteiger partial charge in [-0.2, -0.15) is 0 Å². The van der Waals surface area contributed by atoms with E-state index in [4.69, 9.17) is 5.11 Å². The maximum absolute atomic E-state index is 9.33. The summed E-state index contributed by atoms with van der Waals surface area (Å²) in [6.07, 6.45) is -0.348. The minimum atomic E-state index is -0.348. The summed E-state index contributed by atoms with van der Waals surface area (Å²) in [5.41, 5.74) is 0. The Labute approximate surface area is 82.5 Å². The second kappa shape index (κ2) is 6.83. The van der Waals surface area contributed by atoms with Gasteiger partial charge in [0.2, 0.25) is 0 Å². The van der Waals surface area contributed by atoms with Crippen molar-refractivity contribution in [1.29, 1.82) is 0 Å². The van der Waals surface area contributed by atoms with Crippen LogP contribution in [0.3, 0.4) is 0 Å². The van der Waals surface area contributed by atoms with Crippen molar-refractivity contribution in [1.82, 2.24) is 4.90 Å². The second-order valence-electron chi connectivity index (χ2n) is 3.12. The fourth-order valence-electron chi connectivity index (χ4n) is 1.01. The van der Waals surface area contributed by atoms with Gasteiger partial charge in [-0.1, -0.05) is 15.9 Å². The SMILES string of the molecule is CC(C)N(CCO)CC(O)CBr. The number of nitrogens with zero attached hydrogens (tertiary/aromatic N) is 1. The third-order valence-corrected chi connectivity index (χ3v) is 2.49. The smallest absolute Gasteiger partial charge is 0.0763 e. The lowest BCUT2D eigenvalue weighted by Crippen LogP contribution is -2.39. The zero-order valence-electron chi connectivity index (χ0n) is 7.70. The number of halogens is 1. The first-order valence-electron chi connectivity index (χ1n) is 4.20. The Morgan fingerprint density at radius 1 is 1.42 bits per heavy atom. The van der Waals surface area contributed by atoms with Crippen molar-refractivity contribution < 1.29 is 10.2 Å². The predicted octanol–water partition coefficient (Wildman–Crippen LogP) is 0.445. The molecule has 0 aliphatic carbocycles. The van der Waals surface area contributed by atoms with Crippen molar-refractivity contribution in [2.75, 3.05) is 25.0 Å². The van der Waals surface area contributed by atoms with Crippen LogP contribution in [-0.2, 0) is 0 Å². The van der Waals surface area contributed by atoms with Gasteiger partial charge in [0.05, 0.1) is 12.7 Å². The lowest BCUT2D eigenvalue weighted by molar-refractivity contribution is 0.0951. The highest BCUT2D eigenvalue weighted by atomic mass is 79.9. The Hall–Kier alpha value is 0.360. The molecule has 2 N–H and O–H groups in total. The molecule has 0 bridgehead atoms. The van der Waals surface area contributed by atoms with Crippen LogP contribution in [0.4, 0.5) is 0 Å². The molecule has 0 heterocycles. The van der Waals surface area contributed by atoms with Crippen molar-refractivity contribution >= 4 is 15.9 Å². The molecule has 0 rings (SSSR count). The van der Waals surface area contributed by atoms with Crippen molar-refractivity contribution in [2.24, 2.45) is 0 Å². The largest absolute Gasteiger partial charge is 0.395 e. The van der Waals surface area contributed by atoms with Crippen molar-refractivity contribution in [2.45, 2.75) is 26.0 Å². The quantitative estimate of drug-likeness (QED) is 0.662. The number of alkyl halides is 1. The van der Waals surface area contributed by atoms with Crippen molar-refractivity contribution in [3.63, 3.8) is 0 Å². The third-order valence-electron chi connectivity index (χ3n) is 1.74. The Balaban J connectivity index is 3.77. The summed E-state index contributed by atoms with van der Waals surface area (Å²) in [5, 5.41) is 18.7. The van der Waals surface area contributed by atoms with Gasteiger partial charge in [0.25, 0.3) is 0 Å². The summed E-state index contributed by atoms with van der Waals surface area (Å²) in [6.45, 7) is 5.49. The van der Waals surface area contributed by atoms with E-state index < -0.39 is 0 Å². The van der Waals surface area contributed by atoms with Gasteiger partial charge in [-0.15, -0.1) is 0 Å². The van der Waals surface area contributed by atoms with Gasteiger partial charge in [0, 0.05) is 24.5 Å². The number of aliphatic hydroxyl groups excluding tert-OH is 2. The maximum atomic E-state index is 9.33. The molecule has 12 heavy (non-hydrogen) atoms. The van der Waals surface area contributed by atoms with Crippen LogP contribution < -0.4 is 0 Å². The summed E-state index contributed by atoms with van der Waals surface area (Å²) >= 11 is 3.20. The van der Waals surface area contributed by atoms with Crippen molar-refractivity contribution in [3.05, 3.63) is 0 Å². The zero-order chi connectivity index (χ0) is 9.56. The highest BCUT2D eigenvalue weighted by Crippen LogP contribution is 2.01. The van der Waals surface area contributed by atoms with E-state index >= 15 is 0 Å². The molecule has 74 valence electrons. The van der Waals surface area contributed by atoms with Gasteiger partial charge in [-0.3, -0.25) is 4.90 Å². The molecule has 0 aromatic carbocycles. The average molecular weight is 240 g/mol. The lowest BCUT2D eigenvalue weighted by Gasteiger charge is -2.27. The standard InChI is InChI=1S/C8H18BrNO2/c1-7(2)10(3-4-11)6-8(12)5-9/h7-8,11-12H,3-6H2,1-2H3. The van der Waals surface area contributed by atoms with E-state index in [1.165, 1.54) is 0 Å². The summed E-state index contributed by atoms with van der Waals surface area (Å²) in [6, 6.07) is 0.367. The fourth-order valence-corrected chi connectivity index (χ4v) is 1.21. The zero-order valence-corrected chi connectivity index (χ0v) is 9.29. The fraction of sp³-hybridized carbons (Fsp3) is 1.00. The normalized spacial score (nSPS) is 14.2. The highest BCUT2D eigenvalue weighted by Gasteiger charge is 2.12. The molecule has 0 fully saturated rings. The second-order valence-corrected chi connectivity index (χ2v) is 3.77. The first-order valence-corrected chi connectivity index (χ1v) is 5.33. The Kier molecular flexibility index (Phi) is 7.04. The van der Waals surface area contributed by atoms with Crippen LogP contribution in [0.15, 0.2) is 0 Å². The van der Waals surface area contributed by atoms with Gasteiger partial charge in [-0.25, -0.2) is 0 Å². The molecule has 0 spiro atoms. The Morgan fingerprint density at radius 3 is 2.33 bits per heavy atom. The molecular formula is C8H18BrNO2. The first kappa shape index (κ1) is 12.4. The molecule has 0 aromatic heterocycles. The molecule has 1 unspecified atom stereocenters. The molecule has 0 aliphatic heterocycles.